The number of aromatic hydroxyl groups is 1. The molecule has 2 aliphatic heterocycles. The summed E-state index contributed by atoms with van der Waals surface area (Å²) in [5.74, 6) is 1.53. The van der Waals surface area contributed by atoms with E-state index >= 15 is 0 Å². The number of ether oxygens (including phenoxy) is 1. The van der Waals surface area contributed by atoms with Gasteiger partial charge >= 0.3 is 0 Å². The maximum Gasteiger partial charge on any atom is 0.236 e. The zero-order chi connectivity index (χ0) is 24.9. The predicted molar refractivity (Wildman–Crippen MR) is 137 cm³/mol. The van der Waals surface area contributed by atoms with Crippen molar-refractivity contribution >= 4 is 11.8 Å². The number of para-hydroxylation sites is 2. The summed E-state index contributed by atoms with van der Waals surface area (Å²) in [6, 6.07) is 15.5. The van der Waals surface area contributed by atoms with Gasteiger partial charge in [0, 0.05) is 49.8 Å². The van der Waals surface area contributed by atoms with Crippen molar-refractivity contribution in [2.24, 2.45) is 11.8 Å². The van der Waals surface area contributed by atoms with Crippen molar-refractivity contribution in [2.75, 3.05) is 26.2 Å². The van der Waals surface area contributed by atoms with Crippen LogP contribution in [-0.2, 0) is 22.7 Å². The van der Waals surface area contributed by atoms with Crippen LogP contribution in [0, 0.1) is 11.8 Å². The summed E-state index contributed by atoms with van der Waals surface area (Å²) >= 11 is 0. The molecule has 7 nitrogen and oxygen atoms in total. The monoisotopic (exact) mass is 489 g/mol. The summed E-state index contributed by atoms with van der Waals surface area (Å²) in [7, 11) is 0. The lowest BCUT2D eigenvalue weighted by Gasteiger charge is -2.38. The van der Waals surface area contributed by atoms with Gasteiger partial charge in [0.25, 0.3) is 0 Å². The highest BCUT2D eigenvalue weighted by Gasteiger charge is 2.33. The van der Waals surface area contributed by atoms with Crippen molar-refractivity contribution in [3.8, 4) is 11.5 Å². The molecule has 1 saturated carbocycles. The van der Waals surface area contributed by atoms with Gasteiger partial charge in [0.05, 0.1) is 6.54 Å². The molecule has 0 spiro atoms. The summed E-state index contributed by atoms with van der Waals surface area (Å²) in [5.41, 5.74) is 1.79. The second-order valence-electron chi connectivity index (χ2n) is 10.2. The molecule has 0 radical (unpaired) electrons. The molecule has 1 saturated heterocycles. The zero-order valence-corrected chi connectivity index (χ0v) is 20.6. The van der Waals surface area contributed by atoms with Crippen LogP contribution in [-0.4, -0.2) is 59.0 Å². The molecule has 3 aliphatic rings. The van der Waals surface area contributed by atoms with Gasteiger partial charge in [0.1, 0.15) is 18.1 Å². The fraction of sp³-hybridized carbons (Fsp3) is 0.448. The zero-order valence-electron chi connectivity index (χ0n) is 20.6. The van der Waals surface area contributed by atoms with E-state index in [1.54, 1.807) is 12.1 Å². The Morgan fingerprint density at radius 3 is 2.69 bits per heavy atom. The minimum absolute atomic E-state index is 0.0716. The molecular weight excluding hydrogens is 454 g/mol. The maximum absolute atomic E-state index is 13.5. The van der Waals surface area contributed by atoms with Gasteiger partial charge in [-0.25, -0.2) is 0 Å². The summed E-state index contributed by atoms with van der Waals surface area (Å²) in [4.78, 5) is 30.0. The SMILES string of the molecule is O=C(C[C@@H]1CCN2C[C@@H]1C=CCOc1ccccc1CN(Cc1ccccc1O)CC2=O)NC1CC1. The third-order valence-corrected chi connectivity index (χ3v) is 7.38. The average molecular weight is 490 g/mol. The summed E-state index contributed by atoms with van der Waals surface area (Å²) < 4.78 is 6.12. The van der Waals surface area contributed by atoms with Crippen molar-refractivity contribution < 1.29 is 19.4 Å². The molecule has 2 N–H and O–H groups in total. The van der Waals surface area contributed by atoms with Gasteiger partial charge in [-0.1, -0.05) is 48.6 Å². The predicted octanol–water partition coefficient (Wildman–Crippen LogP) is 3.48. The van der Waals surface area contributed by atoms with Crippen LogP contribution in [0.5, 0.6) is 11.5 Å². The maximum atomic E-state index is 13.5. The number of benzene rings is 2. The van der Waals surface area contributed by atoms with Gasteiger partial charge in [-0.15, -0.1) is 0 Å². The second kappa shape index (κ2) is 11.2. The van der Waals surface area contributed by atoms with E-state index in [0.29, 0.717) is 45.2 Å². The quantitative estimate of drug-likeness (QED) is 0.629. The fourth-order valence-corrected chi connectivity index (χ4v) is 5.21. The smallest absolute Gasteiger partial charge is 0.236 e. The minimum atomic E-state index is 0.0716. The lowest BCUT2D eigenvalue weighted by atomic mass is 9.82. The Bertz CT molecular complexity index is 1110. The molecule has 5 rings (SSSR count). The number of hydrogen-bond acceptors (Lipinski definition) is 5. The van der Waals surface area contributed by atoms with E-state index in [1.165, 1.54) is 0 Å². The van der Waals surface area contributed by atoms with Gasteiger partial charge in [0.15, 0.2) is 0 Å². The van der Waals surface area contributed by atoms with E-state index in [0.717, 1.165) is 36.1 Å². The first-order chi connectivity index (χ1) is 17.5. The number of hydrogen-bond donors (Lipinski definition) is 2. The van der Waals surface area contributed by atoms with E-state index in [4.69, 9.17) is 4.74 Å². The second-order valence-corrected chi connectivity index (χ2v) is 10.2. The van der Waals surface area contributed by atoms with Crippen LogP contribution < -0.4 is 10.1 Å². The number of fused-ring (bicyclic) bond motifs is 3. The van der Waals surface area contributed by atoms with Crippen LogP contribution in [0.2, 0.25) is 0 Å². The van der Waals surface area contributed by atoms with Crippen LogP contribution in [0.4, 0.5) is 0 Å². The molecule has 190 valence electrons. The largest absolute Gasteiger partial charge is 0.508 e. The van der Waals surface area contributed by atoms with Crippen LogP contribution >= 0.6 is 0 Å². The fourth-order valence-electron chi connectivity index (χ4n) is 5.21. The van der Waals surface area contributed by atoms with Crippen LogP contribution in [0.15, 0.2) is 60.7 Å². The van der Waals surface area contributed by atoms with Crippen molar-refractivity contribution in [3.05, 3.63) is 71.8 Å². The molecule has 2 bridgehead atoms. The Labute approximate surface area is 212 Å². The highest BCUT2D eigenvalue weighted by Crippen LogP contribution is 2.30. The standard InChI is InChI=1S/C29H35N3O4/c33-26-9-3-1-6-23(26)17-31-18-24-7-2-4-10-27(24)36-15-5-8-22-19-32(29(35)20-31)14-13-21(22)16-28(34)30-25-11-12-25/h1-10,21-22,25,33H,11-20H2,(H,30,34)/t21-,22-/m0/s1. The van der Waals surface area contributed by atoms with E-state index in [-0.39, 0.29) is 35.9 Å². The van der Waals surface area contributed by atoms with E-state index in [9.17, 15) is 14.7 Å². The molecule has 0 unspecified atom stereocenters. The molecule has 2 heterocycles. The third-order valence-electron chi connectivity index (χ3n) is 7.38. The van der Waals surface area contributed by atoms with Crippen molar-refractivity contribution in [1.29, 1.82) is 0 Å². The molecule has 1 aliphatic carbocycles. The van der Waals surface area contributed by atoms with E-state index < -0.39 is 0 Å². The first-order valence-electron chi connectivity index (χ1n) is 13.0. The Kier molecular flexibility index (Phi) is 7.56. The normalized spacial score (nSPS) is 23.0. The van der Waals surface area contributed by atoms with Gasteiger partial charge in [-0.2, -0.15) is 0 Å². The Morgan fingerprint density at radius 1 is 1.06 bits per heavy atom. The van der Waals surface area contributed by atoms with Gasteiger partial charge in [-0.05, 0) is 43.2 Å². The highest BCUT2D eigenvalue weighted by molar-refractivity contribution is 5.79. The van der Waals surface area contributed by atoms with E-state index in [1.807, 2.05) is 47.4 Å². The van der Waals surface area contributed by atoms with Crippen molar-refractivity contribution in [1.82, 2.24) is 15.1 Å². The number of piperidine rings is 1. The van der Waals surface area contributed by atoms with E-state index in [2.05, 4.69) is 16.3 Å². The lowest BCUT2D eigenvalue weighted by Crippen LogP contribution is -2.47. The molecule has 7 heteroatoms. The number of nitrogens with zero attached hydrogens (tertiary/aromatic N) is 2. The molecule has 2 aromatic rings. The number of amides is 2. The van der Waals surface area contributed by atoms with Crippen LogP contribution in [0.25, 0.3) is 0 Å². The number of carbonyl (C=O) groups excluding carboxylic acids is 2. The molecule has 0 aromatic heterocycles. The number of nitrogens with one attached hydrogen (secondary N) is 1. The first kappa shape index (κ1) is 24.4. The number of phenols is 1. The van der Waals surface area contributed by atoms with Crippen LogP contribution in [0.1, 0.15) is 36.8 Å². The Morgan fingerprint density at radius 2 is 1.86 bits per heavy atom. The first-order valence-corrected chi connectivity index (χ1v) is 13.0. The van der Waals surface area contributed by atoms with Crippen LogP contribution in [0.3, 0.4) is 0 Å². The number of phenolic OH excluding ortho intramolecular Hbond substituents is 1. The van der Waals surface area contributed by atoms with Gasteiger partial charge < -0.3 is 20.1 Å². The lowest BCUT2D eigenvalue weighted by molar-refractivity contribution is -0.135. The Hall–Kier alpha value is -3.32. The summed E-state index contributed by atoms with van der Waals surface area (Å²) in [6.07, 6.45) is 7.62. The number of rotatable bonds is 5. The molecule has 2 atom stereocenters. The average Bonchev–Trinajstić information content (AvgIpc) is 3.68. The molecule has 2 aromatic carbocycles. The minimum Gasteiger partial charge on any atom is -0.508 e. The van der Waals surface area contributed by atoms with Crippen molar-refractivity contribution in [2.45, 2.75) is 44.8 Å². The molecule has 36 heavy (non-hydrogen) atoms. The van der Waals surface area contributed by atoms with Crippen molar-refractivity contribution in [3.63, 3.8) is 0 Å². The topological polar surface area (TPSA) is 82.1 Å². The number of carbonyl (C=O) groups is 2. The molecular formula is C29H35N3O4. The summed E-state index contributed by atoms with van der Waals surface area (Å²) in [6.45, 7) is 2.91. The van der Waals surface area contributed by atoms with Gasteiger partial charge in [-0.3, -0.25) is 14.5 Å². The highest BCUT2D eigenvalue weighted by atomic mass is 16.5. The third kappa shape index (κ3) is 6.26. The molecule has 2 amide bonds. The van der Waals surface area contributed by atoms with Gasteiger partial charge in [0.2, 0.25) is 11.8 Å². The molecule has 2 fully saturated rings. The Balaban J connectivity index is 1.36. The summed E-state index contributed by atoms with van der Waals surface area (Å²) in [5, 5.41) is 13.5.